The molecule has 0 bridgehead atoms. The molecule has 0 aliphatic rings. The first kappa shape index (κ1) is 17.6. The van der Waals surface area contributed by atoms with Gasteiger partial charge >= 0.3 is 12.1 Å². The molecule has 1 N–H and O–H groups in total. The summed E-state index contributed by atoms with van der Waals surface area (Å²) in [4.78, 5) is 15.1. The van der Waals surface area contributed by atoms with Crippen LogP contribution in [0.1, 0.15) is 32.8 Å². The summed E-state index contributed by atoms with van der Waals surface area (Å²) in [6, 6.07) is 0.782. The van der Waals surface area contributed by atoms with Crippen LogP contribution in [0.4, 0.5) is 19.0 Å². The highest BCUT2D eigenvalue weighted by Crippen LogP contribution is 2.32. The van der Waals surface area contributed by atoms with E-state index < -0.39 is 23.3 Å². The summed E-state index contributed by atoms with van der Waals surface area (Å²) in [5, 5.41) is 2.54. The van der Waals surface area contributed by atoms with E-state index in [1.54, 1.807) is 20.8 Å². The fourth-order valence-electron chi connectivity index (χ4n) is 1.40. The average molecular weight is 325 g/mol. The van der Waals surface area contributed by atoms with E-state index in [2.05, 4.69) is 10.3 Å². The van der Waals surface area contributed by atoms with Crippen LogP contribution in [-0.4, -0.2) is 23.1 Å². The number of nitrogens with zero attached hydrogens (tertiary/aromatic N) is 1. The van der Waals surface area contributed by atoms with Crippen LogP contribution in [0.5, 0.6) is 0 Å². The molecule has 0 fully saturated rings. The fourth-order valence-corrected chi connectivity index (χ4v) is 1.63. The van der Waals surface area contributed by atoms with Gasteiger partial charge < -0.3 is 10.1 Å². The second-order valence-electron chi connectivity index (χ2n) is 5.32. The lowest BCUT2D eigenvalue weighted by atomic mass is 10.2. The number of esters is 1. The van der Waals surface area contributed by atoms with Gasteiger partial charge in [0.1, 0.15) is 11.4 Å². The van der Waals surface area contributed by atoms with Gasteiger partial charge in [0.2, 0.25) is 0 Å². The number of aromatic nitrogens is 1. The van der Waals surface area contributed by atoms with Gasteiger partial charge in [-0.25, -0.2) is 4.98 Å². The van der Waals surface area contributed by atoms with Crippen molar-refractivity contribution in [3.63, 3.8) is 0 Å². The topological polar surface area (TPSA) is 51.2 Å². The molecule has 1 aromatic heterocycles. The van der Waals surface area contributed by atoms with Crippen LogP contribution in [0.2, 0.25) is 5.02 Å². The standard InChI is InChI=1S/C13H16ClF3N2O2/c1-12(2,3)21-10(20)4-5-18-11-9(14)6-8(7-19-11)13(15,16)17/h6-7H,4-5H2,1-3H3,(H,18,19). The molecule has 0 aromatic carbocycles. The van der Waals surface area contributed by atoms with Gasteiger partial charge in [0.05, 0.1) is 17.0 Å². The third kappa shape index (κ3) is 6.20. The van der Waals surface area contributed by atoms with Gasteiger partial charge in [0.25, 0.3) is 0 Å². The summed E-state index contributed by atoms with van der Waals surface area (Å²) in [7, 11) is 0. The van der Waals surface area contributed by atoms with E-state index in [1.807, 2.05) is 0 Å². The first-order valence-corrected chi connectivity index (χ1v) is 6.55. The highest BCUT2D eigenvalue weighted by molar-refractivity contribution is 6.32. The molecule has 0 unspecified atom stereocenters. The quantitative estimate of drug-likeness (QED) is 0.853. The number of ether oxygens (including phenoxy) is 1. The van der Waals surface area contributed by atoms with E-state index in [0.717, 1.165) is 6.07 Å². The third-order valence-corrected chi connectivity index (χ3v) is 2.50. The van der Waals surface area contributed by atoms with Crippen molar-refractivity contribution < 1.29 is 22.7 Å². The number of hydrogen-bond donors (Lipinski definition) is 1. The Kier molecular flexibility index (Phi) is 5.44. The van der Waals surface area contributed by atoms with E-state index in [4.69, 9.17) is 16.3 Å². The molecular formula is C13H16ClF3N2O2. The summed E-state index contributed by atoms with van der Waals surface area (Å²) in [5.74, 6) is -0.328. The largest absolute Gasteiger partial charge is 0.460 e. The molecule has 0 aliphatic heterocycles. The van der Waals surface area contributed by atoms with Crippen LogP contribution < -0.4 is 5.32 Å². The minimum atomic E-state index is -4.49. The third-order valence-electron chi connectivity index (χ3n) is 2.21. The minimum Gasteiger partial charge on any atom is -0.460 e. The first-order chi connectivity index (χ1) is 9.49. The Morgan fingerprint density at radius 3 is 2.48 bits per heavy atom. The Balaban J connectivity index is 2.55. The van der Waals surface area contributed by atoms with E-state index >= 15 is 0 Å². The molecule has 0 atom stereocenters. The number of alkyl halides is 3. The predicted octanol–water partition coefficient (Wildman–Crippen LogP) is 3.90. The zero-order chi connectivity index (χ0) is 16.3. The summed E-state index contributed by atoms with van der Waals surface area (Å²) < 4.78 is 42.4. The van der Waals surface area contributed by atoms with Gasteiger partial charge in [-0.1, -0.05) is 11.6 Å². The highest BCUT2D eigenvalue weighted by Gasteiger charge is 2.31. The number of halogens is 4. The number of pyridine rings is 1. The Morgan fingerprint density at radius 1 is 1.38 bits per heavy atom. The van der Waals surface area contributed by atoms with Crippen LogP contribution >= 0.6 is 11.6 Å². The monoisotopic (exact) mass is 324 g/mol. The van der Waals surface area contributed by atoms with Crippen molar-refractivity contribution in [3.05, 3.63) is 22.8 Å². The smallest absolute Gasteiger partial charge is 0.417 e. The van der Waals surface area contributed by atoms with Gasteiger partial charge in [-0.05, 0) is 26.8 Å². The van der Waals surface area contributed by atoms with Crippen molar-refractivity contribution in [3.8, 4) is 0 Å². The van der Waals surface area contributed by atoms with Gasteiger partial charge in [0.15, 0.2) is 0 Å². The lowest BCUT2D eigenvalue weighted by molar-refractivity contribution is -0.154. The average Bonchev–Trinajstić information content (AvgIpc) is 2.27. The molecule has 1 rings (SSSR count). The van der Waals surface area contributed by atoms with Gasteiger partial charge in [0, 0.05) is 12.7 Å². The first-order valence-electron chi connectivity index (χ1n) is 6.17. The van der Waals surface area contributed by atoms with Crippen molar-refractivity contribution >= 4 is 23.4 Å². The van der Waals surface area contributed by atoms with Gasteiger partial charge in [-0.2, -0.15) is 13.2 Å². The molecule has 4 nitrogen and oxygen atoms in total. The number of nitrogens with one attached hydrogen (secondary N) is 1. The number of rotatable bonds is 4. The lowest BCUT2D eigenvalue weighted by Crippen LogP contribution is -2.25. The Labute approximate surface area is 125 Å². The van der Waals surface area contributed by atoms with E-state index in [1.165, 1.54) is 0 Å². The minimum absolute atomic E-state index is 0.0519. The van der Waals surface area contributed by atoms with Gasteiger partial charge in [-0.3, -0.25) is 4.79 Å². The molecule has 1 heterocycles. The van der Waals surface area contributed by atoms with Crippen molar-refractivity contribution in [1.82, 2.24) is 4.98 Å². The fraction of sp³-hybridized carbons (Fsp3) is 0.538. The Morgan fingerprint density at radius 2 is 2.00 bits per heavy atom. The van der Waals surface area contributed by atoms with E-state index in [9.17, 15) is 18.0 Å². The molecular weight excluding hydrogens is 309 g/mol. The van der Waals surface area contributed by atoms with Crippen LogP contribution in [0, 0.1) is 0 Å². The summed E-state index contributed by atoms with van der Waals surface area (Å²) in [6.07, 6.45) is -3.76. The predicted molar refractivity (Wildman–Crippen MR) is 73.2 cm³/mol. The van der Waals surface area contributed by atoms with Crippen molar-refractivity contribution in [2.24, 2.45) is 0 Å². The zero-order valence-electron chi connectivity index (χ0n) is 11.8. The van der Waals surface area contributed by atoms with Gasteiger partial charge in [-0.15, -0.1) is 0 Å². The lowest BCUT2D eigenvalue weighted by Gasteiger charge is -2.19. The summed E-state index contributed by atoms with van der Waals surface area (Å²) in [5.41, 5.74) is -1.51. The second kappa shape index (κ2) is 6.51. The van der Waals surface area contributed by atoms with Crippen LogP contribution in [0.15, 0.2) is 12.3 Å². The number of anilines is 1. The molecule has 0 saturated carbocycles. The summed E-state index contributed by atoms with van der Waals surface area (Å²) >= 11 is 5.72. The normalized spacial score (nSPS) is 12.1. The zero-order valence-corrected chi connectivity index (χ0v) is 12.6. The molecule has 1 aromatic rings. The van der Waals surface area contributed by atoms with Crippen LogP contribution in [-0.2, 0) is 15.7 Å². The molecule has 0 amide bonds. The maximum atomic E-state index is 12.4. The highest BCUT2D eigenvalue weighted by atomic mass is 35.5. The number of carbonyl (C=O) groups excluding carboxylic acids is 1. The number of carbonyl (C=O) groups is 1. The van der Waals surface area contributed by atoms with Crippen molar-refractivity contribution in [1.29, 1.82) is 0 Å². The molecule has 118 valence electrons. The molecule has 8 heteroatoms. The molecule has 0 aliphatic carbocycles. The SMILES string of the molecule is CC(C)(C)OC(=O)CCNc1ncc(C(F)(F)F)cc1Cl. The number of hydrogen-bond acceptors (Lipinski definition) is 4. The maximum absolute atomic E-state index is 12.4. The maximum Gasteiger partial charge on any atom is 0.417 e. The Bertz CT molecular complexity index is 513. The van der Waals surface area contributed by atoms with Crippen LogP contribution in [0.3, 0.4) is 0 Å². The van der Waals surface area contributed by atoms with Crippen molar-refractivity contribution in [2.75, 3.05) is 11.9 Å². The van der Waals surface area contributed by atoms with Crippen LogP contribution in [0.25, 0.3) is 0 Å². The van der Waals surface area contributed by atoms with E-state index in [0.29, 0.717) is 6.20 Å². The van der Waals surface area contributed by atoms with E-state index in [-0.39, 0.29) is 23.8 Å². The second-order valence-corrected chi connectivity index (χ2v) is 5.72. The molecule has 0 saturated heterocycles. The molecule has 0 spiro atoms. The Hall–Kier alpha value is -1.50. The van der Waals surface area contributed by atoms with Crippen molar-refractivity contribution in [2.45, 2.75) is 39.0 Å². The molecule has 0 radical (unpaired) electrons. The summed E-state index contributed by atoms with van der Waals surface area (Å²) in [6.45, 7) is 5.39. The molecule has 21 heavy (non-hydrogen) atoms.